The van der Waals surface area contributed by atoms with Gasteiger partial charge in [0, 0.05) is 11.3 Å². The van der Waals surface area contributed by atoms with Crippen LogP contribution in [-0.4, -0.2) is 9.55 Å². The molecule has 0 spiro atoms. The molecule has 0 radical (unpaired) electrons. The Bertz CT molecular complexity index is 2540. The third kappa shape index (κ3) is 3.84. The van der Waals surface area contributed by atoms with Crippen LogP contribution in [0.2, 0.25) is 0 Å². The lowest BCUT2D eigenvalue weighted by Crippen LogP contribution is -1.97. The Morgan fingerprint density at radius 2 is 0.927 bits per heavy atom. The van der Waals surface area contributed by atoms with Gasteiger partial charge in [-0.15, -0.1) is 0 Å². The Kier molecular flexibility index (Phi) is 3.89. The molecule has 41 heavy (non-hydrogen) atoms. The molecule has 0 bridgehead atoms. The van der Waals surface area contributed by atoms with Gasteiger partial charge in [0.25, 0.3) is 0 Å². The number of hydrogen-bond acceptors (Lipinski definition) is 1. The van der Waals surface area contributed by atoms with E-state index in [9.17, 15) is 0 Å². The highest BCUT2D eigenvalue weighted by molar-refractivity contribution is 6.21. The summed E-state index contributed by atoms with van der Waals surface area (Å²) in [6, 6.07) is 31.4. The van der Waals surface area contributed by atoms with Crippen molar-refractivity contribution in [2.24, 2.45) is 0 Å². The van der Waals surface area contributed by atoms with E-state index in [0.29, 0.717) is 28.1 Å². The second-order valence-corrected chi connectivity index (χ2v) is 9.79. The average Bonchev–Trinajstić information content (AvgIpc) is 3.54. The second kappa shape index (κ2) is 9.62. The summed E-state index contributed by atoms with van der Waals surface area (Å²) < 4.78 is 72.9. The summed E-state index contributed by atoms with van der Waals surface area (Å²) in [4.78, 5) is 4.96. The first-order valence-electron chi connectivity index (χ1n) is 17.3. The predicted molar refractivity (Wildman–Crippen MR) is 172 cm³/mol. The average molecular weight is 531 g/mol. The molecule has 0 fully saturated rings. The molecule has 0 aliphatic rings. The van der Waals surface area contributed by atoms with Gasteiger partial charge in [-0.05, 0) is 68.1 Å². The molecule has 8 rings (SSSR count). The van der Waals surface area contributed by atoms with Gasteiger partial charge in [-0.25, -0.2) is 4.98 Å². The monoisotopic (exact) mass is 530 g/mol. The Balaban J connectivity index is 1.49. The highest BCUT2D eigenvalue weighted by Crippen LogP contribution is 2.43. The fourth-order valence-corrected chi connectivity index (χ4v) is 5.65. The first-order valence-corrected chi connectivity index (χ1v) is 13.3. The van der Waals surface area contributed by atoms with Crippen molar-refractivity contribution in [3.63, 3.8) is 0 Å². The van der Waals surface area contributed by atoms with Crippen LogP contribution in [0.25, 0.3) is 71.9 Å². The number of benzene rings is 7. The quantitative estimate of drug-likeness (QED) is 0.207. The minimum atomic E-state index is -0.425. The number of nitrogens with zero attached hydrogens (tertiary/aromatic N) is 2. The number of para-hydroxylation sites is 3. The summed E-state index contributed by atoms with van der Waals surface area (Å²) in [7, 11) is 0. The minimum Gasteiger partial charge on any atom is -0.292 e. The maximum atomic E-state index is 9.14. The number of aromatic nitrogens is 2. The van der Waals surface area contributed by atoms with E-state index in [0.717, 1.165) is 22.3 Å². The zero-order chi connectivity index (χ0) is 34.1. The molecule has 0 N–H and O–H groups in total. The van der Waals surface area contributed by atoms with E-state index in [2.05, 4.69) is 4.57 Å². The molecule has 7 aromatic carbocycles. The molecule has 2 nitrogen and oxygen atoms in total. The third-order valence-electron chi connectivity index (χ3n) is 7.44. The van der Waals surface area contributed by atoms with Crippen LogP contribution in [0.1, 0.15) is 11.0 Å². The summed E-state index contributed by atoms with van der Waals surface area (Å²) in [5.74, 6) is 0.705. The van der Waals surface area contributed by atoms with E-state index < -0.39 is 24.2 Å². The minimum absolute atomic E-state index is 0.187. The van der Waals surface area contributed by atoms with Crippen LogP contribution in [0.4, 0.5) is 0 Å². The number of fused-ring (bicyclic) bond motifs is 3. The van der Waals surface area contributed by atoms with Crippen LogP contribution in [0.3, 0.4) is 0 Å². The number of hydrogen-bond donors (Lipinski definition) is 0. The first kappa shape index (κ1) is 16.6. The Hall–Kier alpha value is -5.47. The van der Waals surface area contributed by atoms with Crippen molar-refractivity contribution in [3.05, 3.63) is 158 Å². The molecule has 0 aliphatic carbocycles. The lowest BCUT2D eigenvalue weighted by molar-refractivity contribution is 1.10. The van der Waals surface area contributed by atoms with Crippen LogP contribution in [0, 0.1) is 0 Å². The van der Waals surface area contributed by atoms with Gasteiger partial charge >= 0.3 is 0 Å². The van der Waals surface area contributed by atoms with E-state index in [1.165, 1.54) is 0 Å². The van der Waals surface area contributed by atoms with Gasteiger partial charge in [0.1, 0.15) is 5.82 Å². The molecule has 8 aromatic rings. The van der Waals surface area contributed by atoms with Gasteiger partial charge in [0.2, 0.25) is 0 Å². The fraction of sp³-hybridized carbons (Fsp3) is 0. The van der Waals surface area contributed by atoms with Crippen molar-refractivity contribution in [1.29, 1.82) is 0 Å². The normalized spacial score (nSPS) is 14.1. The molecule has 0 aliphatic heterocycles. The van der Waals surface area contributed by atoms with E-state index in [1.54, 1.807) is 24.3 Å². The molecule has 0 saturated carbocycles. The Morgan fingerprint density at radius 1 is 0.463 bits per heavy atom. The van der Waals surface area contributed by atoms with Crippen LogP contribution >= 0.6 is 0 Å². The van der Waals surface area contributed by atoms with Crippen LogP contribution in [0.5, 0.6) is 0 Å². The SMILES string of the molecule is [2H]c1c([2H])c([2H])c2c(-c3ccc(-c4nc5ccccc5n4-c4ccccc4)cc3)c3c([2H])c([2H])c([2H])c([2H])c3c(-c3ccccc3)c2c1[2H]. The van der Waals surface area contributed by atoms with Gasteiger partial charge in [-0.2, -0.15) is 0 Å². The molecular weight excluding hydrogens is 496 g/mol. The summed E-state index contributed by atoms with van der Waals surface area (Å²) in [5.41, 5.74) is 5.26. The maximum absolute atomic E-state index is 9.14. The molecule has 0 saturated heterocycles. The van der Waals surface area contributed by atoms with E-state index >= 15 is 0 Å². The zero-order valence-electron chi connectivity index (χ0n) is 29.8. The molecule has 0 atom stereocenters. The molecule has 0 unspecified atom stereocenters. The smallest absolute Gasteiger partial charge is 0.145 e. The van der Waals surface area contributed by atoms with E-state index in [4.69, 9.17) is 16.0 Å². The third-order valence-corrected chi connectivity index (χ3v) is 7.44. The lowest BCUT2D eigenvalue weighted by Gasteiger charge is -2.18. The number of imidazole rings is 1. The van der Waals surface area contributed by atoms with Crippen molar-refractivity contribution in [2.45, 2.75) is 0 Å². The van der Waals surface area contributed by atoms with Crippen molar-refractivity contribution in [1.82, 2.24) is 9.55 Å². The van der Waals surface area contributed by atoms with Crippen molar-refractivity contribution >= 4 is 32.6 Å². The zero-order valence-corrected chi connectivity index (χ0v) is 21.8. The van der Waals surface area contributed by atoms with Crippen molar-refractivity contribution < 1.29 is 11.0 Å². The summed E-state index contributed by atoms with van der Waals surface area (Å²) in [6.07, 6.45) is 0. The summed E-state index contributed by atoms with van der Waals surface area (Å²) >= 11 is 0. The topological polar surface area (TPSA) is 17.8 Å². The van der Waals surface area contributed by atoms with Gasteiger partial charge in [-0.3, -0.25) is 4.57 Å². The second-order valence-electron chi connectivity index (χ2n) is 9.79. The van der Waals surface area contributed by atoms with Crippen molar-refractivity contribution in [3.8, 4) is 39.3 Å². The van der Waals surface area contributed by atoms with E-state index in [-0.39, 0.29) is 45.7 Å². The molecule has 192 valence electrons. The highest BCUT2D eigenvalue weighted by Gasteiger charge is 2.18. The van der Waals surface area contributed by atoms with Gasteiger partial charge in [-0.1, -0.05) is 133 Å². The molecule has 1 heterocycles. The molecular formula is C39H26N2. The standard InChI is InChI=1S/C39H26N2/c1-3-13-27(14-4-1)37-31-17-7-9-19-33(31)38(34-20-10-8-18-32(34)37)28-23-25-29(26-24-28)39-40-35-21-11-12-22-36(35)41(39)30-15-5-2-6-16-30/h1-26H/i7D,8D,9D,10D,17D,18D,19D,20D. The summed E-state index contributed by atoms with van der Waals surface area (Å²) in [6.45, 7) is 0. The molecule has 0 amide bonds. The maximum Gasteiger partial charge on any atom is 0.145 e. The first-order chi connectivity index (χ1) is 23.7. The van der Waals surface area contributed by atoms with Gasteiger partial charge in [0.15, 0.2) is 0 Å². The Morgan fingerprint density at radius 3 is 1.51 bits per heavy atom. The van der Waals surface area contributed by atoms with Crippen molar-refractivity contribution in [2.75, 3.05) is 0 Å². The Labute approximate surface area is 250 Å². The highest BCUT2D eigenvalue weighted by atomic mass is 15.1. The van der Waals surface area contributed by atoms with Gasteiger partial charge < -0.3 is 0 Å². The van der Waals surface area contributed by atoms with Gasteiger partial charge in [0.05, 0.1) is 22.0 Å². The van der Waals surface area contributed by atoms with Crippen LogP contribution < -0.4 is 0 Å². The number of rotatable bonds is 4. The lowest BCUT2D eigenvalue weighted by atomic mass is 9.86. The summed E-state index contributed by atoms with van der Waals surface area (Å²) in [5, 5.41) is 0.762. The molecule has 1 aromatic heterocycles. The molecule has 2 heteroatoms. The fourth-order valence-electron chi connectivity index (χ4n) is 5.65. The predicted octanol–water partition coefficient (Wildman–Crippen LogP) is 10.3. The van der Waals surface area contributed by atoms with E-state index in [1.807, 2.05) is 84.9 Å². The van der Waals surface area contributed by atoms with Crippen LogP contribution in [-0.2, 0) is 0 Å². The van der Waals surface area contributed by atoms with Crippen LogP contribution in [0.15, 0.2) is 158 Å². The largest absolute Gasteiger partial charge is 0.292 e.